The summed E-state index contributed by atoms with van der Waals surface area (Å²) in [6.45, 7) is 1.68. The Morgan fingerprint density at radius 1 is 1.15 bits per heavy atom. The van der Waals surface area contributed by atoms with Crippen molar-refractivity contribution in [2.24, 2.45) is 10.7 Å². The molecule has 4 rings (SSSR count). The van der Waals surface area contributed by atoms with E-state index >= 15 is 0 Å². The summed E-state index contributed by atoms with van der Waals surface area (Å²) in [5.74, 6) is 0.439. The second-order valence-corrected chi connectivity index (χ2v) is 6.36. The Morgan fingerprint density at radius 2 is 1.92 bits per heavy atom. The van der Waals surface area contributed by atoms with Crippen LogP contribution in [-0.4, -0.2) is 41.0 Å². The molecule has 0 bridgehead atoms. The molecule has 134 valence electrons. The second-order valence-electron chi connectivity index (χ2n) is 6.36. The summed E-state index contributed by atoms with van der Waals surface area (Å²) < 4.78 is 0. The number of pyridine rings is 2. The third-order valence-corrected chi connectivity index (χ3v) is 4.40. The van der Waals surface area contributed by atoms with Crippen LogP contribution in [-0.2, 0) is 0 Å². The predicted octanol–water partition coefficient (Wildman–Crippen LogP) is 2.14. The van der Waals surface area contributed by atoms with E-state index in [0.717, 1.165) is 29.9 Å². The Bertz CT molecular complexity index is 860. The minimum Gasteiger partial charge on any atom is -0.370 e. The fourth-order valence-electron chi connectivity index (χ4n) is 3.36. The van der Waals surface area contributed by atoms with Crippen LogP contribution in [0.15, 0.2) is 70.9 Å². The van der Waals surface area contributed by atoms with E-state index in [-0.39, 0.29) is 18.4 Å². The maximum Gasteiger partial charge on any atom is 0.194 e. The van der Waals surface area contributed by atoms with Crippen molar-refractivity contribution in [3.8, 4) is 0 Å². The maximum atomic E-state index is 6.09. The summed E-state index contributed by atoms with van der Waals surface area (Å²) in [5.41, 5.74) is 11.7. The molecule has 0 aromatic carbocycles. The summed E-state index contributed by atoms with van der Waals surface area (Å²) >= 11 is 0. The number of guanidine groups is 1. The van der Waals surface area contributed by atoms with Crippen LogP contribution in [0.4, 0.5) is 0 Å². The van der Waals surface area contributed by atoms with Crippen LogP contribution in [0.25, 0.3) is 6.08 Å². The molecule has 1 unspecified atom stereocenters. The number of aliphatic imine (C=N–C) groups is 1. The van der Waals surface area contributed by atoms with Crippen LogP contribution in [0.1, 0.15) is 17.2 Å². The monoisotopic (exact) mass is 368 g/mol. The molecule has 0 spiro atoms. The van der Waals surface area contributed by atoms with E-state index < -0.39 is 0 Å². The van der Waals surface area contributed by atoms with Crippen LogP contribution in [0.3, 0.4) is 0 Å². The van der Waals surface area contributed by atoms with Gasteiger partial charge in [0.1, 0.15) is 6.04 Å². The highest BCUT2D eigenvalue weighted by molar-refractivity contribution is 5.85. The number of halogens is 1. The standard InChI is InChI=1S/C19H20N6.ClH/c1-25-11-15(8-13-4-2-6-21-9-13)18-16(12-25)17(23-19(20)24-18)14-5-3-7-22-10-14;/h2-10,17H,11-12H2,1H3,(H3,20,23,24);1H/b15-8+;. The van der Waals surface area contributed by atoms with E-state index in [1.165, 1.54) is 11.1 Å². The molecule has 7 heteroatoms. The molecule has 26 heavy (non-hydrogen) atoms. The molecule has 3 N–H and O–H groups in total. The number of likely N-dealkylation sites (N-methyl/N-ethyl adjacent to an activating group) is 1. The summed E-state index contributed by atoms with van der Waals surface area (Å²) in [4.78, 5) is 15.4. The van der Waals surface area contributed by atoms with Gasteiger partial charge in [-0.15, -0.1) is 12.4 Å². The fourth-order valence-corrected chi connectivity index (χ4v) is 3.36. The largest absolute Gasteiger partial charge is 0.370 e. The summed E-state index contributed by atoms with van der Waals surface area (Å²) in [6.07, 6.45) is 9.43. The van der Waals surface area contributed by atoms with Crippen molar-refractivity contribution in [2.75, 3.05) is 20.1 Å². The average Bonchev–Trinajstić information content (AvgIpc) is 2.63. The summed E-state index contributed by atoms with van der Waals surface area (Å²) in [6, 6.07) is 7.86. The van der Waals surface area contributed by atoms with Crippen molar-refractivity contribution in [3.63, 3.8) is 0 Å². The van der Waals surface area contributed by atoms with E-state index in [1.54, 1.807) is 12.4 Å². The molecule has 1 atom stereocenters. The third-order valence-electron chi connectivity index (χ3n) is 4.40. The Kier molecular flexibility index (Phi) is 5.35. The molecule has 0 saturated carbocycles. The smallest absolute Gasteiger partial charge is 0.194 e. The topological polar surface area (TPSA) is 79.4 Å². The molecule has 0 amide bonds. The molecular formula is C19H21ClN6. The minimum atomic E-state index is -0.106. The Hall–Kier alpha value is -2.70. The lowest BCUT2D eigenvalue weighted by Gasteiger charge is -2.36. The summed E-state index contributed by atoms with van der Waals surface area (Å²) in [5, 5.41) is 3.28. The third kappa shape index (κ3) is 3.61. The van der Waals surface area contributed by atoms with Gasteiger partial charge in [0.2, 0.25) is 0 Å². The quantitative estimate of drug-likeness (QED) is 0.849. The van der Waals surface area contributed by atoms with E-state index in [1.807, 2.05) is 36.7 Å². The van der Waals surface area contributed by atoms with Gasteiger partial charge in [-0.3, -0.25) is 14.9 Å². The molecule has 4 heterocycles. The number of hydrogen-bond acceptors (Lipinski definition) is 6. The predicted molar refractivity (Wildman–Crippen MR) is 106 cm³/mol. The van der Waals surface area contributed by atoms with E-state index in [0.29, 0.717) is 5.96 Å². The Balaban J connectivity index is 0.00000196. The number of aromatic nitrogens is 2. The number of rotatable bonds is 2. The van der Waals surface area contributed by atoms with Gasteiger partial charge in [-0.05, 0) is 47.5 Å². The first kappa shape index (κ1) is 18.1. The van der Waals surface area contributed by atoms with Crippen LogP contribution in [0, 0.1) is 0 Å². The van der Waals surface area contributed by atoms with Crippen molar-refractivity contribution in [3.05, 3.63) is 77.0 Å². The molecule has 2 aromatic rings. The van der Waals surface area contributed by atoms with Crippen LogP contribution >= 0.6 is 12.4 Å². The highest BCUT2D eigenvalue weighted by Crippen LogP contribution is 2.35. The van der Waals surface area contributed by atoms with Crippen LogP contribution in [0.2, 0.25) is 0 Å². The van der Waals surface area contributed by atoms with Crippen molar-refractivity contribution in [1.82, 2.24) is 20.2 Å². The van der Waals surface area contributed by atoms with E-state index in [2.05, 4.69) is 38.3 Å². The Labute approximate surface area is 159 Å². The molecule has 2 aromatic heterocycles. The number of nitrogens with two attached hydrogens (primary N) is 1. The van der Waals surface area contributed by atoms with Crippen molar-refractivity contribution >= 4 is 24.4 Å². The second kappa shape index (κ2) is 7.68. The lowest BCUT2D eigenvalue weighted by Crippen LogP contribution is -2.43. The molecule has 6 nitrogen and oxygen atoms in total. The zero-order valence-electron chi connectivity index (χ0n) is 14.5. The first-order valence-corrected chi connectivity index (χ1v) is 8.23. The van der Waals surface area contributed by atoms with Gasteiger partial charge in [0.05, 0.1) is 0 Å². The van der Waals surface area contributed by atoms with Crippen molar-refractivity contribution in [1.29, 1.82) is 0 Å². The first-order chi connectivity index (χ1) is 12.2. The number of hydrogen-bond donors (Lipinski definition) is 2. The lowest BCUT2D eigenvalue weighted by atomic mass is 9.90. The van der Waals surface area contributed by atoms with Gasteiger partial charge in [0.25, 0.3) is 0 Å². The maximum absolute atomic E-state index is 6.09. The van der Waals surface area contributed by atoms with Gasteiger partial charge in [0.15, 0.2) is 5.96 Å². The highest BCUT2D eigenvalue weighted by Gasteiger charge is 2.31. The van der Waals surface area contributed by atoms with Gasteiger partial charge < -0.3 is 11.1 Å². The van der Waals surface area contributed by atoms with Crippen LogP contribution in [0.5, 0.6) is 0 Å². The number of nitrogens with one attached hydrogen (secondary N) is 1. The van der Waals surface area contributed by atoms with Gasteiger partial charge >= 0.3 is 0 Å². The zero-order valence-corrected chi connectivity index (χ0v) is 15.3. The fraction of sp³-hybridized carbons (Fsp3) is 0.211. The molecule has 0 fully saturated rings. The van der Waals surface area contributed by atoms with Gasteiger partial charge in [-0.1, -0.05) is 12.1 Å². The van der Waals surface area contributed by atoms with E-state index in [4.69, 9.17) is 5.73 Å². The summed E-state index contributed by atoms with van der Waals surface area (Å²) in [7, 11) is 2.11. The van der Waals surface area contributed by atoms with Crippen LogP contribution < -0.4 is 11.1 Å². The zero-order chi connectivity index (χ0) is 17.2. The molecular weight excluding hydrogens is 348 g/mol. The van der Waals surface area contributed by atoms with Crippen molar-refractivity contribution < 1.29 is 0 Å². The first-order valence-electron chi connectivity index (χ1n) is 8.23. The molecule has 2 aliphatic rings. The Morgan fingerprint density at radius 3 is 2.62 bits per heavy atom. The van der Waals surface area contributed by atoms with E-state index in [9.17, 15) is 0 Å². The molecule has 0 saturated heterocycles. The SMILES string of the molecule is CN1CC2=C(NC(N)=NC2c2cccnc2)/C(=C/c2cccnc2)C1.Cl. The average molecular weight is 369 g/mol. The van der Waals surface area contributed by atoms with Crippen molar-refractivity contribution in [2.45, 2.75) is 6.04 Å². The molecule has 0 aliphatic carbocycles. The minimum absolute atomic E-state index is 0. The van der Waals surface area contributed by atoms with Gasteiger partial charge in [-0.2, -0.15) is 0 Å². The molecule has 0 radical (unpaired) electrons. The lowest BCUT2D eigenvalue weighted by molar-refractivity contribution is 0.368. The number of nitrogens with zero attached hydrogens (tertiary/aromatic N) is 4. The van der Waals surface area contributed by atoms with Gasteiger partial charge in [-0.25, -0.2) is 4.99 Å². The highest BCUT2D eigenvalue weighted by atomic mass is 35.5. The van der Waals surface area contributed by atoms with Gasteiger partial charge in [0, 0.05) is 43.6 Å². The molecule has 2 aliphatic heterocycles. The normalized spacial score (nSPS) is 21.5.